The van der Waals surface area contributed by atoms with Crippen molar-refractivity contribution in [1.82, 2.24) is 10.6 Å². The van der Waals surface area contributed by atoms with Crippen molar-refractivity contribution < 1.29 is 9.53 Å². The number of halogens is 1. The second kappa shape index (κ2) is 9.87. The van der Waals surface area contributed by atoms with Gasteiger partial charge < -0.3 is 15.4 Å². The molecule has 0 heterocycles. The fraction of sp³-hybridized carbons (Fsp3) is 0.278. The van der Waals surface area contributed by atoms with Gasteiger partial charge in [-0.15, -0.1) is 12.4 Å². The second-order valence-corrected chi connectivity index (χ2v) is 5.11. The predicted molar refractivity (Wildman–Crippen MR) is 95.7 cm³/mol. The zero-order chi connectivity index (χ0) is 15.8. The SMILES string of the molecule is CCN[C@H](C)CNC(=O)c1ccc(Oc2ccccc2)cc1.Cl. The van der Waals surface area contributed by atoms with E-state index in [1.54, 1.807) is 24.3 Å². The molecule has 4 nitrogen and oxygen atoms in total. The fourth-order valence-corrected chi connectivity index (χ4v) is 2.07. The quantitative estimate of drug-likeness (QED) is 0.813. The number of benzene rings is 2. The third-order valence-corrected chi connectivity index (χ3v) is 3.22. The summed E-state index contributed by atoms with van der Waals surface area (Å²) in [5.74, 6) is 1.42. The standard InChI is InChI=1S/C18H22N2O2.ClH/c1-3-19-14(2)13-20-18(21)15-9-11-17(12-10-15)22-16-7-5-4-6-8-16;/h4-12,14,19H,3,13H2,1-2H3,(H,20,21);1H/t14-;/m1./s1. The summed E-state index contributed by atoms with van der Waals surface area (Å²) in [7, 11) is 0. The first-order valence-corrected chi connectivity index (χ1v) is 7.53. The van der Waals surface area contributed by atoms with Crippen LogP contribution in [-0.2, 0) is 0 Å². The van der Waals surface area contributed by atoms with Crippen LogP contribution in [0.15, 0.2) is 54.6 Å². The number of rotatable bonds is 7. The van der Waals surface area contributed by atoms with Crippen molar-refractivity contribution in [3.05, 3.63) is 60.2 Å². The summed E-state index contributed by atoms with van der Waals surface area (Å²) >= 11 is 0. The summed E-state index contributed by atoms with van der Waals surface area (Å²) in [6, 6.07) is 17.0. The van der Waals surface area contributed by atoms with Gasteiger partial charge in [0.15, 0.2) is 0 Å². The first-order valence-electron chi connectivity index (χ1n) is 7.53. The summed E-state index contributed by atoms with van der Waals surface area (Å²) in [5, 5.41) is 6.16. The third kappa shape index (κ3) is 6.30. The predicted octanol–water partition coefficient (Wildman–Crippen LogP) is 3.63. The highest BCUT2D eigenvalue weighted by Gasteiger charge is 2.07. The molecule has 0 unspecified atom stereocenters. The molecule has 2 aromatic carbocycles. The van der Waals surface area contributed by atoms with Gasteiger partial charge in [-0.05, 0) is 49.9 Å². The maximum atomic E-state index is 12.0. The Morgan fingerprint density at radius 1 is 1.04 bits per heavy atom. The number of hydrogen-bond donors (Lipinski definition) is 2. The van der Waals surface area contributed by atoms with E-state index in [-0.39, 0.29) is 24.4 Å². The first-order chi connectivity index (χ1) is 10.7. The Morgan fingerprint density at radius 2 is 1.65 bits per heavy atom. The number of carbonyl (C=O) groups is 1. The summed E-state index contributed by atoms with van der Waals surface area (Å²) in [6.07, 6.45) is 0. The van der Waals surface area contributed by atoms with E-state index >= 15 is 0 Å². The molecule has 124 valence electrons. The highest BCUT2D eigenvalue weighted by Crippen LogP contribution is 2.21. The average molecular weight is 335 g/mol. The lowest BCUT2D eigenvalue weighted by Crippen LogP contribution is -2.38. The number of likely N-dealkylation sites (N-methyl/N-ethyl adjacent to an activating group) is 1. The van der Waals surface area contributed by atoms with E-state index in [1.165, 1.54) is 0 Å². The fourth-order valence-electron chi connectivity index (χ4n) is 2.07. The van der Waals surface area contributed by atoms with E-state index in [0.717, 1.165) is 12.3 Å². The first kappa shape index (κ1) is 19.0. The van der Waals surface area contributed by atoms with E-state index in [1.807, 2.05) is 44.2 Å². The molecule has 0 fully saturated rings. The van der Waals surface area contributed by atoms with Crippen molar-refractivity contribution in [2.24, 2.45) is 0 Å². The van der Waals surface area contributed by atoms with E-state index in [2.05, 4.69) is 10.6 Å². The van der Waals surface area contributed by atoms with E-state index < -0.39 is 0 Å². The Bertz CT molecular complexity index is 588. The van der Waals surface area contributed by atoms with Crippen LogP contribution in [0.2, 0.25) is 0 Å². The van der Waals surface area contributed by atoms with Gasteiger partial charge in [-0.3, -0.25) is 4.79 Å². The van der Waals surface area contributed by atoms with Gasteiger partial charge in [0, 0.05) is 18.2 Å². The van der Waals surface area contributed by atoms with Crippen LogP contribution in [0.25, 0.3) is 0 Å². The Balaban J connectivity index is 0.00000264. The van der Waals surface area contributed by atoms with Gasteiger partial charge in [0.2, 0.25) is 0 Å². The topological polar surface area (TPSA) is 50.4 Å². The minimum absolute atomic E-state index is 0. The Hall–Kier alpha value is -2.04. The summed E-state index contributed by atoms with van der Waals surface area (Å²) in [5.41, 5.74) is 0.629. The lowest BCUT2D eigenvalue weighted by atomic mass is 10.2. The van der Waals surface area contributed by atoms with Gasteiger partial charge in [0.1, 0.15) is 11.5 Å². The summed E-state index contributed by atoms with van der Waals surface area (Å²) < 4.78 is 5.70. The van der Waals surface area contributed by atoms with Gasteiger partial charge in [0.05, 0.1) is 0 Å². The van der Waals surface area contributed by atoms with Crippen LogP contribution < -0.4 is 15.4 Å². The van der Waals surface area contributed by atoms with Crippen LogP contribution in [0.5, 0.6) is 11.5 Å². The second-order valence-electron chi connectivity index (χ2n) is 5.11. The number of amides is 1. The maximum absolute atomic E-state index is 12.0. The maximum Gasteiger partial charge on any atom is 0.251 e. The normalized spacial score (nSPS) is 11.2. The lowest BCUT2D eigenvalue weighted by Gasteiger charge is -2.13. The number of hydrogen-bond acceptors (Lipinski definition) is 3. The molecule has 0 aliphatic carbocycles. The molecule has 0 saturated carbocycles. The van der Waals surface area contributed by atoms with Crippen molar-refractivity contribution in [1.29, 1.82) is 0 Å². The molecule has 0 aliphatic heterocycles. The zero-order valence-corrected chi connectivity index (χ0v) is 14.2. The average Bonchev–Trinajstić information content (AvgIpc) is 2.54. The molecule has 0 saturated heterocycles. The van der Waals surface area contributed by atoms with Crippen molar-refractivity contribution in [3.8, 4) is 11.5 Å². The van der Waals surface area contributed by atoms with Crippen LogP contribution >= 0.6 is 12.4 Å². The van der Waals surface area contributed by atoms with Gasteiger partial charge in [0.25, 0.3) is 5.91 Å². The van der Waals surface area contributed by atoms with Crippen molar-refractivity contribution in [3.63, 3.8) is 0 Å². The molecule has 2 N–H and O–H groups in total. The number of carbonyl (C=O) groups excluding carboxylic acids is 1. The van der Waals surface area contributed by atoms with Gasteiger partial charge in [-0.25, -0.2) is 0 Å². The Morgan fingerprint density at radius 3 is 2.26 bits per heavy atom. The van der Waals surface area contributed by atoms with Gasteiger partial charge >= 0.3 is 0 Å². The number of para-hydroxylation sites is 1. The lowest BCUT2D eigenvalue weighted by molar-refractivity contribution is 0.0950. The summed E-state index contributed by atoms with van der Waals surface area (Å²) in [6.45, 7) is 5.59. The Kier molecular flexibility index (Phi) is 8.16. The van der Waals surface area contributed by atoms with Gasteiger partial charge in [-0.1, -0.05) is 25.1 Å². The monoisotopic (exact) mass is 334 g/mol. The van der Waals surface area contributed by atoms with Gasteiger partial charge in [-0.2, -0.15) is 0 Å². The van der Waals surface area contributed by atoms with E-state index in [4.69, 9.17) is 4.74 Å². The minimum Gasteiger partial charge on any atom is -0.457 e. The largest absolute Gasteiger partial charge is 0.457 e. The molecule has 0 bridgehead atoms. The molecule has 0 aliphatic rings. The molecule has 1 atom stereocenters. The molecular formula is C18H23ClN2O2. The zero-order valence-electron chi connectivity index (χ0n) is 13.4. The molecule has 0 aromatic heterocycles. The molecule has 23 heavy (non-hydrogen) atoms. The molecule has 2 aromatic rings. The van der Waals surface area contributed by atoms with Crippen molar-refractivity contribution in [2.75, 3.05) is 13.1 Å². The van der Waals surface area contributed by atoms with Crippen LogP contribution in [-0.4, -0.2) is 25.0 Å². The van der Waals surface area contributed by atoms with E-state index in [0.29, 0.717) is 17.9 Å². The molecule has 5 heteroatoms. The van der Waals surface area contributed by atoms with E-state index in [9.17, 15) is 4.79 Å². The molecule has 0 spiro atoms. The third-order valence-electron chi connectivity index (χ3n) is 3.22. The van der Waals surface area contributed by atoms with Crippen molar-refractivity contribution >= 4 is 18.3 Å². The minimum atomic E-state index is -0.0731. The number of ether oxygens (including phenoxy) is 1. The smallest absolute Gasteiger partial charge is 0.251 e. The van der Waals surface area contributed by atoms with Crippen LogP contribution in [0.3, 0.4) is 0 Å². The summed E-state index contributed by atoms with van der Waals surface area (Å²) in [4.78, 5) is 12.0. The highest BCUT2D eigenvalue weighted by atomic mass is 35.5. The van der Waals surface area contributed by atoms with Crippen LogP contribution in [0.4, 0.5) is 0 Å². The van der Waals surface area contributed by atoms with Crippen LogP contribution in [0.1, 0.15) is 24.2 Å². The Labute approximate surface area is 143 Å². The van der Waals surface area contributed by atoms with Crippen LogP contribution in [0, 0.1) is 0 Å². The molecule has 0 radical (unpaired) electrons. The molecular weight excluding hydrogens is 312 g/mol. The highest BCUT2D eigenvalue weighted by molar-refractivity contribution is 5.94. The molecule has 2 rings (SSSR count). The van der Waals surface area contributed by atoms with Crippen molar-refractivity contribution in [2.45, 2.75) is 19.9 Å². The number of nitrogens with one attached hydrogen (secondary N) is 2. The molecule has 1 amide bonds.